The summed E-state index contributed by atoms with van der Waals surface area (Å²) in [7, 11) is 0. The summed E-state index contributed by atoms with van der Waals surface area (Å²) < 4.78 is 25.7. The van der Waals surface area contributed by atoms with Crippen molar-refractivity contribution in [3.8, 4) is 0 Å². The average Bonchev–Trinajstić information content (AvgIpc) is 2.09. The minimum Gasteiger partial charge on any atom is -0.324 e. The summed E-state index contributed by atoms with van der Waals surface area (Å²) in [5.41, 5.74) is 5.63. The molecule has 0 saturated carbocycles. The van der Waals surface area contributed by atoms with E-state index in [2.05, 4.69) is 0 Å². The first-order chi connectivity index (χ1) is 6.15. The van der Waals surface area contributed by atoms with Gasteiger partial charge in [-0.25, -0.2) is 8.78 Å². The highest BCUT2D eigenvalue weighted by atomic mass is 19.1. The minimum atomic E-state index is -0.645. The van der Waals surface area contributed by atoms with Gasteiger partial charge in [-0.05, 0) is 24.4 Å². The van der Waals surface area contributed by atoms with Crippen LogP contribution in [0.5, 0.6) is 0 Å². The summed E-state index contributed by atoms with van der Waals surface area (Å²) in [6.45, 7) is 0. The van der Waals surface area contributed by atoms with Crippen molar-refractivity contribution in [1.82, 2.24) is 0 Å². The maximum atomic E-state index is 13.0. The number of nitrogens with two attached hydrogens (primary N) is 1. The number of halogens is 2. The van der Waals surface area contributed by atoms with Crippen LogP contribution in [0.3, 0.4) is 0 Å². The lowest BCUT2D eigenvalue weighted by molar-refractivity contribution is 0.567. The van der Waals surface area contributed by atoms with Crippen LogP contribution in [0.15, 0.2) is 18.2 Å². The molecule has 1 rings (SSSR count). The van der Waals surface area contributed by atoms with Crippen LogP contribution >= 0.6 is 0 Å². The summed E-state index contributed by atoms with van der Waals surface area (Å²) in [6, 6.07) is 2.49. The normalized spacial score (nSPS) is 12.5. The average molecular weight is 184 g/mol. The molecule has 1 aromatic carbocycles. The second-order valence-electron chi connectivity index (χ2n) is 2.71. The van der Waals surface area contributed by atoms with E-state index in [0.717, 1.165) is 24.4 Å². The van der Waals surface area contributed by atoms with E-state index in [0.29, 0.717) is 0 Å². The molecule has 70 valence electrons. The van der Waals surface area contributed by atoms with E-state index in [-0.39, 0.29) is 12.0 Å². The van der Waals surface area contributed by atoms with E-state index in [1.807, 2.05) is 0 Å². The minimum absolute atomic E-state index is 0.114. The van der Waals surface area contributed by atoms with Gasteiger partial charge in [0.05, 0.1) is 0 Å². The Hall–Kier alpha value is -1.29. The van der Waals surface area contributed by atoms with E-state index >= 15 is 0 Å². The number of nitrogens with one attached hydrogen (secondary N) is 1. The second kappa shape index (κ2) is 4.09. The lowest BCUT2D eigenvalue weighted by Gasteiger charge is -2.09. The predicted octanol–water partition coefficient (Wildman–Crippen LogP) is 2.00. The van der Waals surface area contributed by atoms with Crippen molar-refractivity contribution in [2.24, 2.45) is 5.73 Å². The number of benzene rings is 1. The summed E-state index contributed by atoms with van der Waals surface area (Å²) in [5, 5.41) is 6.79. The molecule has 0 amide bonds. The van der Waals surface area contributed by atoms with Gasteiger partial charge in [-0.2, -0.15) is 0 Å². The summed E-state index contributed by atoms with van der Waals surface area (Å²) in [4.78, 5) is 0. The van der Waals surface area contributed by atoms with Crippen molar-refractivity contribution in [1.29, 1.82) is 5.41 Å². The fraction of sp³-hybridized carbons (Fsp3) is 0.222. The zero-order valence-corrected chi connectivity index (χ0v) is 6.93. The Morgan fingerprint density at radius 2 is 2.15 bits per heavy atom. The number of hydrogen-bond acceptors (Lipinski definition) is 2. The van der Waals surface area contributed by atoms with Crippen LogP contribution in [0.4, 0.5) is 8.78 Å². The van der Waals surface area contributed by atoms with Crippen LogP contribution in [0, 0.1) is 17.0 Å². The lowest BCUT2D eigenvalue weighted by atomic mass is 10.0. The molecule has 4 heteroatoms. The van der Waals surface area contributed by atoms with Crippen molar-refractivity contribution in [2.75, 3.05) is 0 Å². The third kappa shape index (κ3) is 2.32. The van der Waals surface area contributed by atoms with Gasteiger partial charge in [0.2, 0.25) is 0 Å². The molecule has 1 atom stereocenters. The Kier molecular flexibility index (Phi) is 3.08. The van der Waals surface area contributed by atoms with Gasteiger partial charge in [0.15, 0.2) is 0 Å². The first-order valence-electron chi connectivity index (χ1n) is 3.84. The molecule has 1 aromatic rings. The van der Waals surface area contributed by atoms with E-state index in [9.17, 15) is 8.78 Å². The van der Waals surface area contributed by atoms with E-state index < -0.39 is 17.7 Å². The van der Waals surface area contributed by atoms with Crippen LogP contribution in [-0.2, 0) is 0 Å². The van der Waals surface area contributed by atoms with Crippen LogP contribution in [0.25, 0.3) is 0 Å². The maximum absolute atomic E-state index is 13.0. The molecule has 0 aliphatic rings. The number of rotatable bonds is 3. The lowest BCUT2D eigenvalue weighted by Crippen LogP contribution is -2.12. The van der Waals surface area contributed by atoms with Crippen LogP contribution in [0.1, 0.15) is 18.0 Å². The van der Waals surface area contributed by atoms with Gasteiger partial charge in [-0.15, -0.1) is 0 Å². The second-order valence-corrected chi connectivity index (χ2v) is 2.71. The van der Waals surface area contributed by atoms with Gasteiger partial charge in [0.25, 0.3) is 0 Å². The Balaban J connectivity index is 2.97. The third-order valence-corrected chi connectivity index (χ3v) is 1.73. The Morgan fingerprint density at radius 3 is 2.77 bits per heavy atom. The maximum Gasteiger partial charge on any atom is 0.128 e. The topological polar surface area (TPSA) is 49.9 Å². The molecule has 0 aliphatic heterocycles. The molecule has 0 saturated heterocycles. The van der Waals surface area contributed by atoms with Gasteiger partial charge in [-0.1, -0.05) is 0 Å². The van der Waals surface area contributed by atoms with Gasteiger partial charge in [0.1, 0.15) is 11.6 Å². The smallest absolute Gasteiger partial charge is 0.128 e. The third-order valence-electron chi connectivity index (χ3n) is 1.73. The molecule has 1 unspecified atom stereocenters. The first kappa shape index (κ1) is 9.80. The zero-order valence-electron chi connectivity index (χ0n) is 6.93. The highest BCUT2D eigenvalue weighted by Crippen LogP contribution is 2.17. The molecular weight excluding hydrogens is 174 g/mol. The standard InChI is InChI=1S/C9H10F2N2/c10-6-1-2-8(11)7(5-6)9(13)3-4-12/h1-2,4-5,9,12H,3,13H2. The van der Waals surface area contributed by atoms with E-state index in [1.54, 1.807) is 0 Å². The Labute approximate surface area is 74.9 Å². The molecule has 0 radical (unpaired) electrons. The summed E-state index contributed by atoms with van der Waals surface area (Å²) >= 11 is 0. The molecule has 0 aromatic heterocycles. The van der Waals surface area contributed by atoms with Crippen LogP contribution in [-0.4, -0.2) is 6.21 Å². The molecule has 13 heavy (non-hydrogen) atoms. The molecule has 0 spiro atoms. The monoisotopic (exact) mass is 184 g/mol. The zero-order chi connectivity index (χ0) is 9.84. The molecular formula is C9H10F2N2. The van der Waals surface area contributed by atoms with Gasteiger partial charge in [-0.3, -0.25) is 0 Å². The van der Waals surface area contributed by atoms with Crippen molar-refractivity contribution in [2.45, 2.75) is 12.5 Å². The largest absolute Gasteiger partial charge is 0.324 e. The highest BCUT2D eigenvalue weighted by molar-refractivity contribution is 5.54. The molecule has 2 nitrogen and oxygen atoms in total. The van der Waals surface area contributed by atoms with Crippen molar-refractivity contribution < 1.29 is 8.78 Å². The van der Waals surface area contributed by atoms with Crippen molar-refractivity contribution in [3.05, 3.63) is 35.4 Å². The molecule has 0 aliphatic carbocycles. The van der Waals surface area contributed by atoms with Gasteiger partial charge >= 0.3 is 0 Å². The fourth-order valence-electron chi connectivity index (χ4n) is 1.05. The Morgan fingerprint density at radius 1 is 1.46 bits per heavy atom. The quantitative estimate of drug-likeness (QED) is 0.693. The summed E-state index contributed by atoms with van der Waals surface area (Å²) in [5.74, 6) is -1.05. The highest BCUT2D eigenvalue weighted by Gasteiger charge is 2.10. The van der Waals surface area contributed by atoms with Crippen LogP contribution in [0.2, 0.25) is 0 Å². The Bertz CT molecular complexity index is 312. The molecule has 0 fully saturated rings. The van der Waals surface area contributed by atoms with Gasteiger partial charge in [0, 0.05) is 18.0 Å². The van der Waals surface area contributed by atoms with Gasteiger partial charge < -0.3 is 11.1 Å². The van der Waals surface area contributed by atoms with Crippen molar-refractivity contribution in [3.63, 3.8) is 0 Å². The summed E-state index contributed by atoms with van der Waals surface area (Å²) in [6.07, 6.45) is 1.29. The van der Waals surface area contributed by atoms with Crippen LogP contribution < -0.4 is 5.73 Å². The van der Waals surface area contributed by atoms with Crippen molar-refractivity contribution >= 4 is 6.21 Å². The fourth-order valence-corrected chi connectivity index (χ4v) is 1.05. The van der Waals surface area contributed by atoms with E-state index in [4.69, 9.17) is 11.1 Å². The predicted molar refractivity (Wildman–Crippen MR) is 46.7 cm³/mol. The number of hydrogen-bond donors (Lipinski definition) is 2. The molecule has 0 heterocycles. The first-order valence-corrected chi connectivity index (χ1v) is 3.84. The van der Waals surface area contributed by atoms with E-state index in [1.165, 1.54) is 0 Å². The molecule has 3 N–H and O–H groups in total. The molecule has 0 bridgehead atoms. The SMILES string of the molecule is N=CCC(N)c1cc(F)ccc1F.